The number of urea groups is 1. The lowest BCUT2D eigenvalue weighted by atomic mass is 10.2. The third-order valence-corrected chi connectivity index (χ3v) is 5.82. The van der Waals surface area contributed by atoms with Gasteiger partial charge in [-0.25, -0.2) is 18.4 Å². The molecule has 0 atom stereocenters. The van der Waals surface area contributed by atoms with Gasteiger partial charge in [-0.05, 0) is 6.92 Å². The van der Waals surface area contributed by atoms with Crippen molar-refractivity contribution in [2.45, 2.75) is 45.6 Å². The molecule has 1 N–H and O–H groups in total. The fourth-order valence-corrected chi connectivity index (χ4v) is 4.56. The average molecular weight is 440 g/mol. The van der Waals surface area contributed by atoms with Crippen molar-refractivity contribution in [2.75, 3.05) is 13.1 Å². The molecule has 0 aliphatic carbocycles. The molecule has 0 saturated carbocycles. The van der Waals surface area contributed by atoms with E-state index >= 15 is 0 Å². The van der Waals surface area contributed by atoms with Gasteiger partial charge in [-0.1, -0.05) is 0 Å². The Balaban J connectivity index is 2.24. The highest BCUT2D eigenvalue weighted by molar-refractivity contribution is 7.18. The van der Waals surface area contributed by atoms with Crippen LogP contribution in [-0.4, -0.2) is 39.3 Å². The number of aromatic nitrogens is 2. The molecule has 2 aromatic heterocycles. The Kier molecular flexibility index (Phi) is 5.70. The second-order valence-electron chi connectivity index (χ2n) is 6.42. The van der Waals surface area contributed by atoms with E-state index in [0.717, 1.165) is 4.57 Å². The Labute approximate surface area is 164 Å². The van der Waals surface area contributed by atoms with E-state index in [1.165, 1.54) is 11.8 Å². The van der Waals surface area contributed by atoms with Gasteiger partial charge in [-0.2, -0.15) is 13.2 Å². The molecule has 1 aliphatic heterocycles. The van der Waals surface area contributed by atoms with Crippen molar-refractivity contribution < 1.29 is 26.7 Å². The minimum atomic E-state index is -4.57. The van der Waals surface area contributed by atoms with Crippen LogP contribution in [0.25, 0.3) is 10.2 Å². The van der Waals surface area contributed by atoms with Gasteiger partial charge in [0.15, 0.2) is 0 Å². The summed E-state index contributed by atoms with van der Waals surface area (Å²) in [7, 11) is 0. The minimum Gasteiger partial charge on any atom is -0.336 e. The summed E-state index contributed by atoms with van der Waals surface area (Å²) in [5, 5.41) is 2.05. The van der Waals surface area contributed by atoms with Crippen molar-refractivity contribution in [1.29, 1.82) is 0 Å². The number of thiophene rings is 1. The van der Waals surface area contributed by atoms with E-state index in [2.05, 4.69) is 5.32 Å². The maximum absolute atomic E-state index is 13.9. The van der Waals surface area contributed by atoms with E-state index in [1.807, 2.05) is 0 Å². The van der Waals surface area contributed by atoms with Gasteiger partial charge < -0.3 is 10.2 Å². The second kappa shape index (κ2) is 7.76. The Morgan fingerprint density at radius 1 is 1.17 bits per heavy atom. The number of fused-ring (bicyclic) bond motifs is 1. The third-order valence-electron chi connectivity index (χ3n) is 4.60. The first-order valence-corrected chi connectivity index (χ1v) is 9.53. The largest absolute Gasteiger partial charge is 0.390 e. The van der Waals surface area contributed by atoms with E-state index in [0.29, 0.717) is 22.4 Å². The molecular weight excluding hydrogens is 423 g/mol. The summed E-state index contributed by atoms with van der Waals surface area (Å²) in [6.45, 7) is 0.799. The lowest BCUT2D eigenvalue weighted by Gasteiger charge is -2.13. The molecule has 160 valence electrons. The normalized spacial score (nSPS) is 15.0. The van der Waals surface area contributed by atoms with Crippen LogP contribution >= 0.6 is 11.3 Å². The van der Waals surface area contributed by atoms with Gasteiger partial charge in [-0.3, -0.25) is 13.9 Å². The summed E-state index contributed by atoms with van der Waals surface area (Å²) in [4.78, 5) is 38.0. The van der Waals surface area contributed by atoms with Crippen molar-refractivity contribution in [3.05, 3.63) is 31.3 Å². The van der Waals surface area contributed by atoms with Crippen LogP contribution < -0.4 is 16.6 Å². The van der Waals surface area contributed by atoms with E-state index in [-0.39, 0.29) is 29.3 Å². The number of carbonyl (C=O) groups excluding carboxylic acids is 1. The zero-order chi connectivity index (χ0) is 21.5. The van der Waals surface area contributed by atoms with Crippen molar-refractivity contribution in [2.24, 2.45) is 0 Å². The summed E-state index contributed by atoms with van der Waals surface area (Å²) in [5.74, 6) is 0. The second-order valence-corrected chi connectivity index (χ2v) is 7.51. The van der Waals surface area contributed by atoms with E-state index < -0.39 is 53.8 Å². The molecule has 3 heterocycles. The number of nitrogens with one attached hydrogen (secondary N) is 1. The number of nitrogens with zero attached hydrogens (tertiary/aromatic N) is 3. The first kappa shape index (κ1) is 21.3. The van der Waals surface area contributed by atoms with Crippen LogP contribution in [0.3, 0.4) is 0 Å². The molecule has 13 heteroatoms. The number of rotatable bonds is 6. The van der Waals surface area contributed by atoms with Crippen LogP contribution in [0.15, 0.2) is 9.59 Å². The van der Waals surface area contributed by atoms with Gasteiger partial charge in [-0.15, -0.1) is 11.3 Å². The smallest absolute Gasteiger partial charge is 0.336 e. The Hall–Kier alpha value is -2.44. The fraction of sp³-hybridized carbons (Fsp3) is 0.562. The third kappa shape index (κ3) is 4.00. The summed E-state index contributed by atoms with van der Waals surface area (Å²) in [6.07, 6.45) is -9.02. The maximum atomic E-state index is 13.9. The Morgan fingerprint density at radius 2 is 1.86 bits per heavy atom. The van der Waals surface area contributed by atoms with Gasteiger partial charge in [0.1, 0.15) is 4.83 Å². The fourth-order valence-electron chi connectivity index (χ4n) is 3.23. The number of aryl methyl sites for hydroxylation is 1. The molecule has 0 bridgehead atoms. The molecule has 0 radical (unpaired) electrons. The molecule has 2 amide bonds. The molecule has 2 aromatic rings. The van der Waals surface area contributed by atoms with Crippen LogP contribution in [0.4, 0.5) is 26.7 Å². The summed E-state index contributed by atoms with van der Waals surface area (Å²) in [5.41, 5.74) is -2.60. The van der Waals surface area contributed by atoms with Crippen LogP contribution in [0.2, 0.25) is 0 Å². The Bertz CT molecular complexity index is 1060. The highest BCUT2D eigenvalue weighted by Gasteiger charge is 2.31. The molecule has 1 saturated heterocycles. The molecule has 3 rings (SSSR count). The number of halogens is 5. The SMILES string of the molecule is CCn1c(=O)c2c(C(F)F)c(CN3CCNC3=O)sc2n(CCC(F)(F)F)c1=O. The monoisotopic (exact) mass is 440 g/mol. The molecule has 7 nitrogen and oxygen atoms in total. The van der Waals surface area contributed by atoms with Crippen molar-refractivity contribution in [3.8, 4) is 0 Å². The molecular formula is C16H17F5N4O3S. The minimum absolute atomic E-state index is 0.0295. The van der Waals surface area contributed by atoms with Gasteiger partial charge in [0.05, 0.1) is 18.4 Å². The van der Waals surface area contributed by atoms with Gasteiger partial charge >= 0.3 is 17.9 Å². The quantitative estimate of drug-likeness (QED) is 0.702. The van der Waals surface area contributed by atoms with Crippen LogP contribution in [0.5, 0.6) is 0 Å². The van der Waals surface area contributed by atoms with Crippen LogP contribution in [-0.2, 0) is 19.6 Å². The zero-order valence-corrected chi connectivity index (χ0v) is 16.0. The van der Waals surface area contributed by atoms with E-state index in [1.54, 1.807) is 0 Å². The van der Waals surface area contributed by atoms with Crippen molar-refractivity contribution in [1.82, 2.24) is 19.4 Å². The van der Waals surface area contributed by atoms with Crippen LogP contribution in [0.1, 0.15) is 30.2 Å². The van der Waals surface area contributed by atoms with Gasteiger partial charge in [0.2, 0.25) is 0 Å². The first-order valence-electron chi connectivity index (χ1n) is 8.71. The van der Waals surface area contributed by atoms with Crippen molar-refractivity contribution >= 4 is 27.6 Å². The Morgan fingerprint density at radius 3 is 2.38 bits per heavy atom. The summed E-state index contributed by atoms with van der Waals surface area (Å²) in [6, 6.07) is -0.469. The molecule has 1 fully saturated rings. The average Bonchev–Trinajstić information content (AvgIpc) is 3.18. The molecule has 0 spiro atoms. The number of hydrogen-bond acceptors (Lipinski definition) is 4. The zero-order valence-electron chi connectivity index (χ0n) is 15.2. The summed E-state index contributed by atoms with van der Waals surface area (Å²) >= 11 is 0.646. The van der Waals surface area contributed by atoms with E-state index in [4.69, 9.17) is 0 Å². The number of carbonyl (C=O) groups is 1. The maximum Gasteiger partial charge on any atom is 0.390 e. The standard InChI is InChI=1S/C16H17F5N4O3S/c1-2-24-12(26)10-9(11(17)18)8(7-23-6-4-22-14(23)27)29-13(10)25(15(24)28)5-3-16(19,20)21/h11H,2-7H2,1H3,(H,22,27). The lowest BCUT2D eigenvalue weighted by molar-refractivity contribution is -0.136. The first-order chi connectivity index (χ1) is 13.5. The molecule has 0 unspecified atom stereocenters. The summed E-state index contributed by atoms with van der Waals surface area (Å²) < 4.78 is 67.2. The number of hydrogen-bond donors (Lipinski definition) is 1. The topological polar surface area (TPSA) is 76.3 Å². The predicted molar refractivity (Wildman–Crippen MR) is 95.5 cm³/mol. The lowest BCUT2D eigenvalue weighted by Crippen LogP contribution is -2.40. The van der Waals surface area contributed by atoms with E-state index in [9.17, 15) is 36.3 Å². The van der Waals surface area contributed by atoms with Gasteiger partial charge in [0.25, 0.3) is 12.0 Å². The van der Waals surface area contributed by atoms with Crippen LogP contribution in [0, 0.1) is 0 Å². The van der Waals surface area contributed by atoms with Crippen molar-refractivity contribution in [3.63, 3.8) is 0 Å². The highest BCUT2D eigenvalue weighted by atomic mass is 32.1. The predicted octanol–water partition coefficient (Wildman–Crippen LogP) is 2.66. The molecule has 29 heavy (non-hydrogen) atoms. The highest BCUT2D eigenvalue weighted by Crippen LogP contribution is 2.37. The number of alkyl halides is 5. The molecule has 0 aromatic carbocycles. The number of amides is 2. The van der Waals surface area contributed by atoms with Gasteiger partial charge in [0, 0.05) is 36.6 Å². The molecule has 1 aliphatic rings.